The van der Waals surface area contributed by atoms with Crippen molar-refractivity contribution in [2.24, 2.45) is 0 Å². The van der Waals surface area contributed by atoms with E-state index in [0.717, 1.165) is 37.3 Å². The van der Waals surface area contributed by atoms with Gasteiger partial charge in [-0.1, -0.05) is 25.1 Å². The minimum absolute atomic E-state index is 0.0227. The van der Waals surface area contributed by atoms with E-state index in [9.17, 15) is 4.79 Å². The van der Waals surface area contributed by atoms with E-state index in [1.54, 1.807) is 0 Å². The Bertz CT molecular complexity index is 511. The maximum absolute atomic E-state index is 12.4. The number of amides is 1. The fourth-order valence-corrected chi connectivity index (χ4v) is 2.87. The standard InChI is InChI=1S/C17H27N3O/c1-5-14-8-6-7-13(2)16(14)19-15(21)11-20-10-9-18-12-17(20,3)4/h6-8,18H,5,9-12H2,1-4H3,(H,19,21). The third kappa shape index (κ3) is 3.83. The van der Waals surface area contributed by atoms with E-state index in [1.165, 1.54) is 5.56 Å². The van der Waals surface area contributed by atoms with Crippen LogP contribution in [0.25, 0.3) is 0 Å². The molecule has 0 aliphatic carbocycles. The van der Waals surface area contributed by atoms with Crippen LogP contribution in [0.5, 0.6) is 0 Å². The first-order valence-corrected chi connectivity index (χ1v) is 7.78. The molecule has 0 radical (unpaired) electrons. The van der Waals surface area contributed by atoms with E-state index in [-0.39, 0.29) is 11.4 Å². The van der Waals surface area contributed by atoms with E-state index in [1.807, 2.05) is 19.1 Å². The summed E-state index contributed by atoms with van der Waals surface area (Å²) in [5.41, 5.74) is 3.33. The average molecular weight is 289 g/mol. The summed E-state index contributed by atoms with van der Waals surface area (Å²) in [6.45, 7) is 11.7. The predicted octanol–water partition coefficient (Wildman–Crippen LogP) is 2.18. The van der Waals surface area contributed by atoms with E-state index in [2.05, 4.69) is 42.4 Å². The minimum atomic E-state index is 0.0227. The molecule has 4 heteroatoms. The number of para-hydroxylation sites is 1. The van der Waals surface area contributed by atoms with Crippen LogP contribution in [0.15, 0.2) is 18.2 Å². The maximum atomic E-state index is 12.4. The molecule has 1 aromatic carbocycles. The quantitative estimate of drug-likeness (QED) is 0.893. The van der Waals surface area contributed by atoms with E-state index >= 15 is 0 Å². The van der Waals surface area contributed by atoms with Crippen LogP contribution in [0.4, 0.5) is 5.69 Å². The SMILES string of the molecule is CCc1cccc(C)c1NC(=O)CN1CCNCC1(C)C. The van der Waals surface area contributed by atoms with Crippen LogP contribution in [0.2, 0.25) is 0 Å². The molecular formula is C17H27N3O. The van der Waals surface area contributed by atoms with Crippen LogP contribution >= 0.6 is 0 Å². The first-order valence-electron chi connectivity index (χ1n) is 7.78. The van der Waals surface area contributed by atoms with Gasteiger partial charge in [-0.25, -0.2) is 0 Å². The summed E-state index contributed by atoms with van der Waals surface area (Å²) in [6.07, 6.45) is 0.927. The average Bonchev–Trinajstić information content (AvgIpc) is 2.43. The summed E-state index contributed by atoms with van der Waals surface area (Å²) in [5, 5.41) is 6.50. The number of aryl methyl sites for hydroxylation is 2. The Hall–Kier alpha value is -1.39. The molecule has 1 amide bonds. The number of carbonyl (C=O) groups is 1. The zero-order valence-electron chi connectivity index (χ0n) is 13.6. The Kier molecular flexibility index (Phi) is 5.01. The lowest BCUT2D eigenvalue weighted by Gasteiger charge is -2.42. The van der Waals surface area contributed by atoms with Crippen molar-refractivity contribution >= 4 is 11.6 Å². The highest BCUT2D eigenvalue weighted by molar-refractivity contribution is 5.93. The van der Waals surface area contributed by atoms with Gasteiger partial charge in [0.15, 0.2) is 0 Å². The summed E-state index contributed by atoms with van der Waals surface area (Å²) in [7, 11) is 0. The van der Waals surface area contributed by atoms with E-state index in [0.29, 0.717) is 6.54 Å². The van der Waals surface area contributed by atoms with Crippen LogP contribution < -0.4 is 10.6 Å². The highest BCUT2D eigenvalue weighted by atomic mass is 16.2. The molecule has 0 atom stereocenters. The number of hydrogen-bond acceptors (Lipinski definition) is 3. The van der Waals surface area contributed by atoms with Crippen molar-refractivity contribution in [1.82, 2.24) is 10.2 Å². The second-order valence-corrected chi connectivity index (χ2v) is 6.42. The molecule has 0 spiro atoms. The van der Waals surface area contributed by atoms with Gasteiger partial charge >= 0.3 is 0 Å². The highest BCUT2D eigenvalue weighted by Gasteiger charge is 2.30. The van der Waals surface area contributed by atoms with Gasteiger partial charge in [-0.05, 0) is 38.3 Å². The Morgan fingerprint density at radius 2 is 2.19 bits per heavy atom. The molecule has 4 nitrogen and oxygen atoms in total. The number of piperazine rings is 1. The van der Waals surface area contributed by atoms with Crippen LogP contribution in [-0.4, -0.2) is 42.5 Å². The Morgan fingerprint density at radius 1 is 1.43 bits per heavy atom. The van der Waals surface area contributed by atoms with E-state index < -0.39 is 0 Å². The molecule has 21 heavy (non-hydrogen) atoms. The first kappa shape index (κ1) is 16.0. The lowest BCUT2D eigenvalue weighted by Crippen LogP contribution is -2.59. The topological polar surface area (TPSA) is 44.4 Å². The summed E-state index contributed by atoms with van der Waals surface area (Å²) in [4.78, 5) is 14.7. The first-order chi connectivity index (χ1) is 9.94. The third-order valence-corrected chi connectivity index (χ3v) is 4.31. The van der Waals surface area contributed by atoms with Gasteiger partial charge in [0.1, 0.15) is 0 Å². The fourth-order valence-electron chi connectivity index (χ4n) is 2.87. The van der Waals surface area contributed by atoms with Crippen LogP contribution in [0, 0.1) is 6.92 Å². The van der Waals surface area contributed by atoms with Crippen LogP contribution in [-0.2, 0) is 11.2 Å². The number of nitrogens with zero attached hydrogens (tertiary/aromatic N) is 1. The number of carbonyl (C=O) groups excluding carboxylic acids is 1. The molecule has 1 heterocycles. The lowest BCUT2D eigenvalue weighted by atomic mass is 10.00. The molecule has 0 saturated carbocycles. The molecule has 1 aromatic rings. The van der Waals surface area contributed by atoms with Gasteiger partial charge in [-0.3, -0.25) is 9.69 Å². The van der Waals surface area contributed by atoms with Crippen molar-refractivity contribution in [3.05, 3.63) is 29.3 Å². The molecule has 2 N–H and O–H groups in total. The number of anilines is 1. The summed E-state index contributed by atoms with van der Waals surface area (Å²) >= 11 is 0. The molecule has 1 aliphatic rings. The highest BCUT2D eigenvalue weighted by Crippen LogP contribution is 2.22. The van der Waals surface area contributed by atoms with Crippen molar-refractivity contribution in [3.63, 3.8) is 0 Å². The largest absolute Gasteiger partial charge is 0.324 e. The fraction of sp³-hybridized carbons (Fsp3) is 0.588. The summed E-state index contributed by atoms with van der Waals surface area (Å²) < 4.78 is 0. The van der Waals surface area contributed by atoms with Crippen molar-refractivity contribution in [3.8, 4) is 0 Å². The van der Waals surface area contributed by atoms with Gasteiger partial charge in [0.25, 0.3) is 0 Å². The van der Waals surface area contributed by atoms with Crippen LogP contribution in [0.3, 0.4) is 0 Å². The molecule has 2 rings (SSSR count). The molecule has 1 fully saturated rings. The Balaban J connectivity index is 2.05. The third-order valence-electron chi connectivity index (χ3n) is 4.31. The number of hydrogen-bond donors (Lipinski definition) is 2. The van der Waals surface area contributed by atoms with Gasteiger partial charge in [-0.15, -0.1) is 0 Å². The monoisotopic (exact) mass is 289 g/mol. The predicted molar refractivity (Wildman–Crippen MR) is 87.7 cm³/mol. The number of rotatable bonds is 4. The minimum Gasteiger partial charge on any atom is -0.324 e. The van der Waals surface area contributed by atoms with Gasteiger partial charge in [0, 0.05) is 30.9 Å². The molecule has 0 unspecified atom stereocenters. The van der Waals surface area contributed by atoms with Gasteiger partial charge in [-0.2, -0.15) is 0 Å². The second-order valence-electron chi connectivity index (χ2n) is 6.42. The van der Waals surface area contributed by atoms with Gasteiger partial charge < -0.3 is 10.6 Å². The number of nitrogens with one attached hydrogen (secondary N) is 2. The van der Waals surface area contributed by atoms with Gasteiger partial charge in [0.2, 0.25) is 5.91 Å². The molecule has 0 aromatic heterocycles. The van der Waals surface area contributed by atoms with Crippen molar-refractivity contribution in [2.75, 3.05) is 31.5 Å². The van der Waals surface area contributed by atoms with Crippen LogP contribution in [0.1, 0.15) is 31.9 Å². The smallest absolute Gasteiger partial charge is 0.238 e. The summed E-state index contributed by atoms with van der Waals surface area (Å²) in [6, 6.07) is 6.17. The molecule has 1 aliphatic heterocycles. The van der Waals surface area contributed by atoms with Gasteiger partial charge in [0.05, 0.1) is 6.54 Å². The van der Waals surface area contributed by atoms with E-state index in [4.69, 9.17) is 0 Å². The number of benzene rings is 1. The molecular weight excluding hydrogens is 262 g/mol. The van der Waals surface area contributed by atoms with Crippen molar-refractivity contribution in [2.45, 2.75) is 39.7 Å². The molecule has 116 valence electrons. The Morgan fingerprint density at radius 3 is 2.86 bits per heavy atom. The zero-order valence-corrected chi connectivity index (χ0v) is 13.6. The maximum Gasteiger partial charge on any atom is 0.238 e. The van der Waals surface area contributed by atoms with Crippen molar-refractivity contribution < 1.29 is 4.79 Å². The molecule has 0 bridgehead atoms. The zero-order chi connectivity index (χ0) is 15.5. The van der Waals surface area contributed by atoms with Crippen molar-refractivity contribution in [1.29, 1.82) is 0 Å². The Labute approximate surface area is 127 Å². The normalized spacial score (nSPS) is 18.5. The lowest BCUT2D eigenvalue weighted by molar-refractivity contribution is -0.119. The summed E-state index contributed by atoms with van der Waals surface area (Å²) in [5.74, 6) is 0.0778. The second kappa shape index (κ2) is 6.58. The molecule has 1 saturated heterocycles.